The van der Waals surface area contributed by atoms with Crippen LogP contribution in [0.15, 0.2) is 60.2 Å². The number of carbonyl (C=O) groups excluding carboxylic acids is 1. The smallest absolute Gasteiger partial charge is 0.352 e. The average Bonchev–Trinajstić information content (AvgIpc) is 3.70. The van der Waals surface area contributed by atoms with Crippen LogP contribution in [0.25, 0.3) is 44.2 Å². The predicted molar refractivity (Wildman–Crippen MR) is 150 cm³/mol. The molecule has 4 heterocycles. The Morgan fingerprint density at radius 1 is 1.08 bits per heavy atom. The van der Waals surface area contributed by atoms with Crippen LogP contribution in [0.2, 0.25) is 0 Å². The third kappa shape index (κ3) is 4.28. The van der Waals surface area contributed by atoms with E-state index in [1.54, 1.807) is 18.5 Å². The summed E-state index contributed by atoms with van der Waals surface area (Å²) in [6.45, 7) is 4.26. The highest BCUT2D eigenvalue weighted by Gasteiger charge is 2.28. The molecule has 0 saturated heterocycles. The first kappa shape index (κ1) is 24.6. The monoisotopic (exact) mass is 541 g/mol. The first-order valence-electron chi connectivity index (χ1n) is 12.4. The van der Waals surface area contributed by atoms with Gasteiger partial charge in [0.05, 0.1) is 12.2 Å². The van der Waals surface area contributed by atoms with Crippen molar-refractivity contribution in [2.24, 2.45) is 0 Å². The number of nitrogens with one attached hydrogen (secondary N) is 4. The molecule has 0 fully saturated rings. The average molecular weight is 542 g/mol. The number of hydrogen-bond donors (Lipinski definition) is 5. The van der Waals surface area contributed by atoms with Crippen molar-refractivity contribution in [1.82, 2.24) is 25.3 Å². The van der Waals surface area contributed by atoms with Crippen molar-refractivity contribution in [3.8, 4) is 22.4 Å². The van der Waals surface area contributed by atoms with E-state index in [4.69, 9.17) is 0 Å². The first-order chi connectivity index (χ1) is 18.8. The quantitative estimate of drug-likeness (QED) is 0.155. The van der Waals surface area contributed by atoms with E-state index < -0.39 is 11.8 Å². The number of amides is 1. The largest absolute Gasteiger partial charge is 0.477 e. The van der Waals surface area contributed by atoms with Crippen molar-refractivity contribution >= 4 is 45.0 Å². The second-order valence-corrected chi connectivity index (χ2v) is 10.6. The van der Waals surface area contributed by atoms with Gasteiger partial charge in [0.15, 0.2) is 0 Å². The van der Waals surface area contributed by atoms with Crippen LogP contribution in [-0.4, -0.2) is 36.9 Å². The number of aromatic amines is 3. The summed E-state index contributed by atoms with van der Waals surface area (Å²) in [5.74, 6) is -1.95. The zero-order chi connectivity index (χ0) is 27.3. The normalized spacial score (nSPS) is 11.6. The number of halogens is 1. The van der Waals surface area contributed by atoms with Gasteiger partial charge in [0.25, 0.3) is 5.91 Å². The van der Waals surface area contributed by atoms with Gasteiger partial charge in [0.2, 0.25) is 0 Å². The minimum atomic E-state index is -1.13. The topological polar surface area (TPSA) is 127 Å². The Balaban J connectivity index is 1.53. The number of rotatable bonds is 7. The third-order valence-corrected chi connectivity index (χ3v) is 7.57. The highest BCUT2D eigenvalue weighted by molar-refractivity contribution is 7.09. The lowest BCUT2D eigenvalue weighted by Crippen LogP contribution is -2.22. The lowest BCUT2D eigenvalue weighted by atomic mass is 9.89. The van der Waals surface area contributed by atoms with E-state index >= 15 is 0 Å². The maximum absolute atomic E-state index is 14.6. The summed E-state index contributed by atoms with van der Waals surface area (Å²) in [7, 11) is 0. The van der Waals surface area contributed by atoms with Crippen LogP contribution in [-0.2, 0) is 6.54 Å². The van der Waals surface area contributed by atoms with Gasteiger partial charge in [-0.1, -0.05) is 26.0 Å². The Bertz CT molecular complexity index is 1860. The van der Waals surface area contributed by atoms with Crippen LogP contribution in [0.5, 0.6) is 0 Å². The van der Waals surface area contributed by atoms with Crippen LogP contribution in [0.1, 0.15) is 51.3 Å². The van der Waals surface area contributed by atoms with Gasteiger partial charge in [-0.05, 0) is 47.4 Å². The summed E-state index contributed by atoms with van der Waals surface area (Å²) in [6.07, 6.45) is 3.41. The Labute approximate surface area is 225 Å². The molecular weight excluding hydrogens is 517 g/mol. The van der Waals surface area contributed by atoms with Gasteiger partial charge in [-0.3, -0.25) is 4.79 Å². The number of benzene rings is 2. The molecule has 0 bridgehead atoms. The Kier molecular flexibility index (Phi) is 6.03. The lowest BCUT2D eigenvalue weighted by molar-refractivity contribution is 0.0692. The standard InChI is InChI=1S/C29H24FN5O3S/c1-14(2)24-25(27(29(37)38)35-26(24)19-10-15(30)11-21-16(19)6-7-31-21)17-4-3-5-20-18(17)12-22(34-20)28(36)33-13-23-32-8-9-39-23/h3-12,14,31,34-35H,13H2,1-2H3,(H,33,36)(H,37,38). The van der Waals surface area contributed by atoms with E-state index in [0.717, 1.165) is 16.0 Å². The van der Waals surface area contributed by atoms with Crippen LogP contribution in [0.4, 0.5) is 4.39 Å². The third-order valence-electron chi connectivity index (χ3n) is 6.79. The number of fused-ring (bicyclic) bond motifs is 2. The SMILES string of the molecule is CC(C)c1c(-c2cc(F)cc3[nH]ccc23)[nH]c(C(=O)O)c1-c1cccc2[nH]c(C(=O)NCc3nccs3)cc12. The summed E-state index contributed by atoms with van der Waals surface area (Å²) in [5.41, 5.74) is 4.73. The molecule has 0 radical (unpaired) electrons. The van der Waals surface area contributed by atoms with E-state index in [9.17, 15) is 19.1 Å². The number of nitrogens with zero attached hydrogens (tertiary/aromatic N) is 1. The summed E-state index contributed by atoms with van der Waals surface area (Å²) in [6, 6.07) is 11.9. The molecule has 0 aliphatic heterocycles. The molecule has 196 valence electrons. The van der Waals surface area contributed by atoms with Gasteiger partial charge < -0.3 is 25.4 Å². The number of carboxylic acid groups (broad SMARTS) is 1. The second-order valence-electron chi connectivity index (χ2n) is 9.57. The van der Waals surface area contributed by atoms with Crippen molar-refractivity contribution in [3.05, 3.63) is 88.0 Å². The molecule has 10 heteroatoms. The Hall–Kier alpha value is -4.70. The number of H-pyrrole nitrogens is 3. The maximum atomic E-state index is 14.6. The van der Waals surface area contributed by atoms with Crippen LogP contribution in [0.3, 0.4) is 0 Å². The minimum Gasteiger partial charge on any atom is -0.477 e. The van der Waals surface area contributed by atoms with Crippen molar-refractivity contribution in [3.63, 3.8) is 0 Å². The van der Waals surface area contributed by atoms with Crippen molar-refractivity contribution in [2.45, 2.75) is 26.3 Å². The highest BCUT2D eigenvalue weighted by atomic mass is 32.1. The zero-order valence-electron chi connectivity index (χ0n) is 21.1. The molecule has 0 saturated carbocycles. The van der Waals surface area contributed by atoms with Gasteiger partial charge in [-0.15, -0.1) is 11.3 Å². The molecule has 0 aliphatic rings. The molecule has 5 N–H and O–H groups in total. The van der Waals surface area contributed by atoms with Crippen LogP contribution >= 0.6 is 11.3 Å². The van der Waals surface area contributed by atoms with E-state index in [2.05, 4.69) is 25.3 Å². The van der Waals surface area contributed by atoms with Crippen molar-refractivity contribution in [2.75, 3.05) is 0 Å². The van der Waals surface area contributed by atoms with Crippen molar-refractivity contribution in [1.29, 1.82) is 0 Å². The Morgan fingerprint density at radius 3 is 2.67 bits per heavy atom. The number of carbonyl (C=O) groups is 2. The number of aromatic carboxylic acids is 1. The Morgan fingerprint density at radius 2 is 1.92 bits per heavy atom. The molecular formula is C29H24FN5O3S. The summed E-state index contributed by atoms with van der Waals surface area (Å²) < 4.78 is 14.6. The van der Waals surface area contributed by atoms with Gasteiger partial charge >= 0.3 is 5.97 Å². The highest BCUT2D eigenvalue weighted by Crippen LogP contribution is 2.44. The molecule has 4 aromatic heterocycles. The number of carboxylic acids is 1. The van der Waals surface area contributed by atoms with Gasteiger partial charge in [0.1, 0.15) is 22.2 Å². The van der Waals surface area contributed by atoms with Crippen LogP contribution < -0.4 is 5.32 Å². The van der Waals surface area contributed by atoms with Crippen LogP contribution in [0, 0.1) is 5.82 Å². The lowest BCUT2D eigenvalue weighted by Gasteiger charge is -2.13. The van der Waals surface area contributed by atoms with Crippen molar-refractivity contribution < 1.29 is 19.1 Å². The summed E-state index contributed by atoms with van der Waals surface area (Å²) >= 11 is 1.46. The second kappa shape index (κ2) is 9.55. The maximum Gasteiger partial charge on any atom is 0.352 e. The number of thiazole rings is 1. The molecule has 0 aliphatic carbocycles. The molecule has 8 nitrogen and oxygen atoms in total. The van der Waals surface area contributed by atoms with E-state index in [1.807, 2.05) is 43.5 Å². The van der Waals surface area contributed by atoms with E-state index in [-0.39, 0.29) is 17.5 Å². The summed E-state index contributed by atoms with van der Waals surface area (Å²) in [4.78, 5) is 39.0. The van der Waals surface area contributed by atoms with Gasteiger partial charge in [-0.25, -0.2) is 14.2 Å². The van der Waals surface area contributed by atoms with Gasteiger partial charge in [0, 0.05) is 50.7 Å². The number of hydrogen-bond acceptors (Lipinski definition) is 4. The molecule has 39 heavy (non-hydrogen) atoms. The fourth-order valence-electron chi connectivity index (χ4n) is 5.17. The van der Waals surface area contributed by atoms with Gasteiger partial charge in [-0.2, -0.15) is 0 Å². The molecule has 6 rings (SSSR count). The first-order valence-corrected chi connectivity index (χ1v) is 13.2. The fourth-order valence-corrected chi connectivity index (χ4v) is 5.73. The zero-order valence-corrected chi connectivity index (χ0v) is 21.9. The fraction of sp³-hybridized carbons (Fsp3) is 0.138. The van der Waals surface area contributed by atoms with E-state index in [0.29, 0.717) is 51.0 Å². The number of aromatic nitrogens is 4. The predicted octanol–water partition coefficient (Wildman–Crippen LogP) is 6.66. The molecule has 0 spiro atoms. The molecule has 2 aromatic carbocycles. The molecule has 1 amide bonds. The molecule has 0 unspecified atom stereocenters. The summed E-state index contributed by atoms with van der Waals surface area (Å²) in [5, 5.41) is 17.2. The van der Waals surface area contributed by atoms with E-state index in [1.165, 1.54) is 23.5 Å². The molecule has 0 atom stereocenters. The minimum absolute atomic E-state index is 0.00474. The molecule has 6 aromatic rings.